The highest BCUT2D eigenvalue weighted by molar-refractivity contribution is 7.89. The Bertz CT molecular complexity index is 2060. The number of carbonyl (C=O) groups excluding carboxylic acids is 1. The van der Waals surface area contributed by atoms with Gasteiger partial charge in [0, 0.05) is 36.6 Å². The van der Waals surface area contributed by atoms with Gasteiger partial charge in [0.25, 0.3) is 0 Å². The number of aromatic nitrogens is 4. The fourth-order valence-corrected chi connectivity index (χ4v) is 5.77. The lowest BCUT2D eigenvalue weighted by molar-refractivity contribution is -0.114. The molecule has 0 bridgehead atoms. The van der Waals surface area contributed by atoms with E-state index in [2.05, 4.69) is 15.0 Å². The number of imidazole rings is 1. The third kappa shape index (κ3) is 5.85. The topological polar surface area (TPSA) is 145 Å². The van der Waals surface area contributed by atoms with Crippen molar-refractivity contribution in [2.45, 2.75) is 18.4 Å². The van der Waals surface area contributed by atoms with Crippen LogP contribution >= 0.6 is 0 Å². The number of benzene rings is 3. The molecule has 4 N–H and O–H groups in total. The second kappa shape index (κ2) is 11.5. The zero-order valence-corrected chi connectivity index (χ0v) is 23.9. The molecule has 0 radical (unpaired) electrons. The number of rotatable bonds is 8. The Morgan fingerprint density at radius 3 is 2.42 bits per heavy atom. The van der Waals surface area contributed by atoms with E-state index in [0.29, 0.717) is 39.8 Å². The maximum atomic E-state index is 12.7. The molecule has 0 saturated heterocycles. The van der Waals surface area contributed by atoms with Crippen molar-refractivity contribution < 1.29 is 13.2 Å². The summed E-state index contributed by atoms with van der Waals surface area (Å²) < 4.78 is 29.9. The molecule has 0 atom stereocenters. The van der Waals surface area contributed by atoms with E-state index >= 15 is 0 Å². The van der Waals surface area contributed by atoms with Crippen molar-refractivity contribution in [3.8, 4) is 28.3 Å². The van der Waals surface area contributed by atoms with Crippen LogP contribution in [0.1, 0.15) is 12.5 Å². The van der Waals surface area contributed by atoms with Crippen molar-refractivity contribution in [1.29, 1.82) is 0 Å². The minimum absolute atomic E-state index is 0.123. The van der Waals surface area contributed by atoms with Crippen LogP contribution in [0.2, 0.25) is 0 Å². The van der Waals surface area contributed by atoms with Crippen LogP contribution in [-0.4, -0.2) is 33.8 Å². The van der Waals surface area contributed by atoms with Crippen LogP contribution in [-0.2, 0) is 21.4 Å². The molecule has 0 aliphatic carbocycles. The quantitative estimate of drug-likeness (QED) is 0.222. The largest absolute Gasteiger partial charge is 0.383 e. The maximum absolute atomic E-state index is 12.7. The lowest BCUT2D eigenvalue weighted by atomic mass is 10.1. The number of hydrogen-bond acceptors (Lipinski definition) is 7. The molecule has 43 heavy (non-hydrogen) atoms. The van der Waals surface area contributed by atoms with Gasteiger partial charge in [0.2, 0.25) is 15.9 Å². The van der Waals surface area contributed by atoms with E-state index < -0.39 is 10.0 Å². The molecule has 6 rings (SSSR count). The van der Waals surface area contributed by atoms with Gasteiger partial charge in [-0.1, -0.05) is 42.5 Å². The van der Waals surface area contributed by atoms with Gasteiger partial charge in [0.15, 0.2) is 11.5 Å². The van der Waals surface area contributed by atoms with Crippen LogP contribution in [0.4, 0.5) is 11.5 Å². The first-order chi connectivity index (χ1) is 20.8. The fourth-order valence-electron chi connectivity index (χ4n) is 4.73. The van der Waals surface area contributed by atoms with E-state index in [9.17, 15) is 13.2 Å². The zero-order valence-electron chi connectivity index (χ0n) is 23.1. The number of anilines is 2. The molecule has 3 aromatic carbocycles. The molecular weight excluding hydrogens is 562 g/mol. The molecule has 0 unspecified atom stereocenters. The standard InChI is InChI=1S/C32H27N7O3S/c1-21(40)36-24-8-5-7-23(19-24)28-16-17-29-32(37-28)39(31(38-29)27-11-6-18-34-30(27)33)25-14-12-22(13-15-25)20-35-43(41,42)26-9-3-2-4-10-26/h2-19,35H,20H2,1H3,(H2,33,34)(H,36,40). The normalized spacial score (nSPS) is 11.5. The summed E-state index contributed by atoms with van der Waals surface area (Å²) in [4.78, 5) is 25.9. The summed E-state index contributed by atoms with van der Waals surface area (Å²) in [6.07, 6.45) is 1.62. The number of hydrogen-bond donors (Lipinski definition) is 3. The molecule has 0 saturated carbocycles. The number of carbonyl (C=O) groups is 1. The third-order valence-electron chi connectivity index (χ3n) is 6.78. The third-order valence-corrected chi connectivity index (χ3v) is 8.19. The molecule has 6 aromatic rings. The number of sulfonamides is 1. The SMILES string of the molecule is CC(=O)Nc1cccc(-c2ccc3nc(-c4cccnc4N)n(-c4ccc(CNS(=O)(=O)c5ccccc5)cc4)c3n2)c1. The van der Waals surface area contributed by atoms with Gasteiger partial charge in [-0.2, -0.15) is 0 Å². The second-order valence-electron chi connectivity index (χ2n) is 9.81. The minimum atomic E-state index is -3.65. The Hall–Kier alpha value is -5.39. The number of nitrogens with two attached hydrogens (primary N) is 1. The van der Waals surface area contributed by atoms with Crippen LogP contribution in [0.5, 0.6) is 0 Å². The van der Waals surface area contributed by atoms with Crippen molar-refractivity contribution in [1.82, 2.24) is 24.2 Å². The average molecular weight is 590 g/mol. The molecule has 0 aliphatic rings. The molecule has 3 aromatic heterocycles. The van der Waals surface area contributed by atoms with E-state index in [1.54, 1.807) is 42.6 Å². The smallest absolute Gasteiger partial charge is 0.240 e. The Morgan fingerprint density at radius 1 is 0.884 bits per heavy atom. The molecule has 11 heteroatoms. The number of fused-ring (bicyclic) bond motifs is 1. The van der Waals surface area contributed by atoms with Gasteiger partial charge in [0.05, 0.1) is 16.2 Å². The first kappa shape index (κ1) is 27.8. The molecule has 3 heterocycles. The van der Waals surface area contributed by atoms with Gasteiger partial charge in [-0.05, 0) is 66.2 Å². The highest BCUT2D eigenvalue weighted by atomic mass is 32.2. The number of nitrogens with zero attached hydrogens (tertiary/aromatic N) is 4. The van der Waals surface area contributed by atoms with E-state index in [4.69, 9.17) is 15.7 Å². The van der Waals surface area contributed by atoms with E-state index in [0.717, 1.165) is 16.8 Å². The van der Waals surface area contributed by atoms with Crippen LogP contribution in [0, 0.1) is 0 Å². The molecule has 1 amide bonds. The number of nitrogens with one attached hydrogen (secondary N) is 2. The predicted octanol–water partition coefficient (Wildman–Crippen LogP) is 5.17. The molecular formula is C32H27N7O3S. The Balaban J connectivity index is 1.40. The fraction of sp³-hybridized carbons (Fsp3) is 0.0625. The van der Waals surface area contributed by atoms with E-state index in [1.165, 1.54) is 6.92 Å². The van der Waals surface area contributed by atoms with Crippen molar-refractivity contribution in [2.75, 3.05) is 11.1 Å². The minimum Gasteiger partial charge on any atom is -0.383 e. The lowest BCUT2D eigenvalue weighted by Crippen LogP contribution is -2.23. The Labute approximate surface area is 248 Å². The van der Waals surface area contributed by atoms with Crippen LogP contribution in [0.3, 0.4) is 0 Å². The van der Waals surface area contributed by atoms with Crippen LogP contribution in [0.15, 0.2) is 114 Å². The molecule has 0 spiro atoms. The molecule has 0 aliphatic heterocycles. The summed E-state index contributed by atoms with van der Waals surface area (Å²) in [6.45, 7) is 1.59. The van der Waals surface area contributed by atoms with E-state index in [1.807, 2.05) is 71.3 Å². The molecule has 0 fully saturated rings. The first-order valence-electron chi connectivity index (χ1n) is 13.4. The van der Waals surface area contributed by atoms with E-state index in [-0.39, 0.29) is 17.3 Å². The zero-order chi connectivity index (χ0) is 30.0. The monoisotopic (exact) mass is 589 g/mol. The van der Waals surface area contributed by atoms with Gasteiger partial charge in [-0.25, -0.2) is 28.1 Å². The number of nitrogen functional groups attached to an aromatic ring is 1. The number of amides is 1. The molecule has 214 valence electrons. The van der Waals surface area contributed by atoms with Crippen LogP contribution in [0.25, 0.3) is 39.5 Å². The lowest BCUT2D eigenvalue weighted by Gasteiger charge is -2.12. The first-order valence-corrected chi connectivity index (χ1v) is 14.9. The summed E-state index contributed by atoms with van der Waals surface area (Å²) in [5, 5.41) is 2.81. The second-order valence-corrected chi connectivity index (χ2v) is 11.6. The summed E-state index contributed by atoms with van der Waals surface area (Å²) in [5.74, 6) is 0.734. The Kier molecular flexibility index (Phi) is 7.41. The van der Waals surface area contributed by atoms with Crippen LogP contribution < -0.4 is 15.8 Å². The summed E-state index contributed by atoms with van der Waals surface area (Å²) >= 11 is 0. The summed E-state index contributed by atoms with van der Waals surface area (Å²) in [5.41, 5.74) is 11.9. The summed E-state index contributed by atoms with van der Waals surface area (Å²) in [6, 6.07) is 30.6. The van der Waals surface area contributed by atoms with Crippen molar-refractivity contribution in [3.05, 3.63) is 115 Å². The maximum Gasteiger partial charge on any atom is 0.240 e. The van der Waals surface area contributed by atoms with Crippen molar-refractivity contribution in [2.24, 2.45) is 0 Å². The van der Waals surface area contributed by atoms with Gasteiger partial charge in [-0.15, -0.1) is 0 Å². The average Bonchev–Trinajstić information content (AvgIpc) is 3.39. The van der Waals surface area contributed by atoms with Gasteiger partial charge in [0.1, 0.15) is 11.3 Å². The number of pyridine rings is 2. The Morgan fingerprint density at radius 2 is 1.67 bits per heavy atom. The summed E-state index contributed by atoms with van der Waals surface area (Å²) in [7, 11) is -3.65. The van der Waals surface area contributed by atoms with Crippen molar-refractivity contribution in [3.63, 3.8) is 0 Å². The van der Waals surface area contributed by atoms with Gasteiger partial charge < -0.3 is 11.1 Å². The highest BCUT2D eigenvalue weighted by Crippen LogP contribution is 2.32. The van der Waals surface area contributed by atoms with Crippen molar-refractivity contribution >= 4 is 38.6 Å². The molecule has 10 nitrogen and oxygen atoms in total. The highest BCUT2D eigenvalue weighted by Gasteiger charge is 2.19. The predicted molar refractivity (Wildman–Crippen MR) is 167 cm³/mol. The van der Waals surface area contributed by atoms with Gasteiger partial charge in [-0.3, -0.25) is 9.36 Å². The van der Waals surface area contributed by atoms with Gasteiger partial charge >= 0.3 is 0 Å².